The Balaban J connectivity index is 3.80. The lowest BCUT2D eigenvalue weighted by Crippen LogP contribution is -2.24. The Morgan fingerprint density at radius 3 is 1.88 bits per heavy atom. The van der Waals surface area contributed by atoms with Gasteiger partial charge < -0.3 is 0 Å². The molecular formula is C2H7NO4P+. The van der Waals surface area contributed by atoms with Crippen LogP contribution in [0.5, 0.6) is 0 Å². The van der Waals surface area contributed by atoms with Crippen LogP contribution in [0, 0.1) is 0 Å². The first-order valence-corrected chi connectivity index (χ1v) is 3.48. The molecule has 0 rings (SSSR count). The fourth-order valence-corrected chi connectivity index (χ4v) is 0.245. The first kappa shape index (κ1) is 7.94. The highest BCUT2D eigenvalue weighted by Gasteiger charge is 2.39. The van der Waals surface area contributed by atoms with E-state index in [0.29, 0.717) is 0 Å². The Kier molecular flexibility index (Phi) is 2.46. The number of carbonyl (C=O) groups excluding carboxylic acids is 1. The van der Waals surface area contributed by atoms with Crippen molar-refractivity contribution in [3.05, 3.63) is 0 Å². The van der Waals surface area contributed by atoms with Crippen LogP contribution in [-0.2, 0) is 4.79 Å². The molecule has 0 aromatic rings. The van der Waals surface area contributed by atoms with E-state index >= 15 is 0 Å². The van der Waals surface area contributed by atoms with Crippen molar-refractivity contribution in [1.82, 2.24) is 0 Å². The van der Waals surface area contributed by atoms with E-state index < -0.39 is 13.7 Å². The van der Waals surface area contributed by atoms with Crippen LogP contribution in [0.4, 0.5) is 0 Å². The summed E-state index contributed by atoms with van der Waals surface area (Å²) in [4.78, 5) is 34.0. The second kappa shape index (κ2) is 2.48. The maximum Gasteiger partial charge on any atom is 0.429 e. The predicted molar refractivity (Wildman–Crippen MR) is 27.6 cm³/mol. The predicted octanol–water partition coefficient (Wildman–Crippen LogP) is -1.79. The van der Waals surface area contributed by atoms with Crippen molar-refractivity contribution < 1.29 is 19.5 Å². The molecule has 5 nitrogen and oxygen atoms in total. The van der Waals surface area contributed by atoms with Crippen molar-refractivity contribution in [1.29, 1.82) is 0 Å². The third-order valence-corrected chi connectivity index (χ3v) is 1.46. The zero-order valence-corrected chi connectivity index (χ0v) is 4.82. The Morgan fingerprint density at radius 2 is 1.88 bits per heavy atom. The molecule has 0 saturated carbocycles. The van der Waals surface area contributed by atoms with Gasteiger partial charge in [0.05, 0.1) is 0 Å². The van der Waals surface area contributed by atoms with Gasteiger partial charge in [0, 0.05) is 0 Å². The monoisotopic (exact) mass is 140 g/mol. The van der Waals surface area contributed by atoms with Gasteiger partial charge in [-0.05, 0) is 0 Å². The first-order chi connectivity index (χ1) is 3.48. The van der Waals surface area contributed by atoms with E-state index in [1.54, 1.807) is 0 Å². The molecule has 5 N–H and O–H groups in total. The molecule has 0 aromatic carbocycles. The average molecular weight is 140 g/mol. The van der Waals surface area contributed by atoms with E-state index in [2.05, 4.69) is 5.73 Å². The van der Waals surface area contributed by atoms with Crippen LogP contribution in [0.15, 0.2) is 0 Å². The molecule has 0 unspecified atom stereocenters. The van der Waals surface area contributed by atoms with Gasteiger partial charge in [0.1, 0.15) is 0 Å². The van der Waals surface area contributed by atoms with Gasteiger partial charge in [0.25, 0.3) is 5.78 Å². The fourth-order valence-electron chi connectivity index (χ4n) is 0.0816. The molecule has 0 heterocycles. The molecule has 0 saturated heterocycles. The molecule has 8 heavy (non-hydrogen) atoms. The summed E-state index contributed by atoms with van der Waals surface area (Å²) in [5.74, 6) is -1.55. The quantitative estimate of drug-likeness (QED) is 0.268. The van der Waals surface area contributed by atoms with Crippen molar-refractivity contribution in [3.63, 3.8) is 0 Å². The largest absolute Gasteiger partial charge is 0.429 e. The van der Waals surface area contributed by atoms with Crippen LogP contribution in [0.1, 0.15) is 0 Å². The lowest BCUT2D eigenvalue weighted by molar-refractivity contribution is -0.107. The third kappa shape index (κ3) is 2.30. The van der Waals surface area contributed by atoms with E-state index in [1.165, 1.54) is 0 Å². The number of hydrogen-bond acceptors (Lipinski definition) is 5. The minimum atomic E-state index is -4.10. The Labute approximate surface area is 46.3 Å². The maximum atomic E-state index is 9.57. The number of aldehydes is 1. The van der Waals surface area contributed by atoms with Crippen LogP contribution in [0.2, 0.25) is 0 Å². The zero-order valence-electron chi connectivity index (χ0n) is 3.93. The molecular weight excluding hydrogens is 133 g/mol. The standard InChI is InChI=1S/C2H7NO4P/c3-2(1-4)8(5,6)7/h1-2,5-7H,3H2/q+1/t2-/m1/s1. The molecule has 0 amide bonds. The molecule has 0 fully saturated rings. The smallest absolute Gasteiger partial charge is 0.297 e. The summed E-state index contributed by atoms with van der Waals surface area (Å²) in [5.41, 5.74) is 4.68. The van der Waals surface area contributed by atoms with Gasteiger partial charge in [0.2, 0.25) is 0 Å². The molecule has 0 spiro atoms. The summed E-state index contributed by atoms with van der Waals surface area (Å²) in [5, 5.41) is 0. The number of hydrogen-bond donors (Lipinski definition) is 4. The molecule has 0 radical (unpaired) electrons. The van der Waals surface area contributed by atoms with Gasteiger partial charge in [-0.2, -0.15) is 14.7 Å². The van der Waals surface area contributed by atoms with Gasteiger partial charge in [-0.3, -0.25) is 10.5 Å². The normalized spacial score (nSPS) is 15.5. The van der Waals surface area contributed by atoms with E-state index in [0.717, 1.165) is 0 Å². The molecule has 48 valence electrons. The molecule has 0 bridgehead atoms. The summed E-state index contributed by atoms with van der Waals surface area (Å²) in [6, 6.07) is 0. The summed E-state index contributed by atoms with van der Waals surface area (Å²) >= 11 is 0. The fraction of sp³-hybridized carbons (Fsp3) is 0.500. The van der Waals surface area contributed by atoms with Crippen LogP contribution < -0.4 is 5.73 Å². The Hall–Kier alpha value is -0.0600. The topological polar surface area (TPSA) is 104 Å². The number of nitrogens with two attached hydrogens (primary N) is 1. The van der Waals surface area contributed by atoms with Gasteiger partial charge in [-0.1, -0.05) is 0 Å². The molecule has 0 aliphatic heterocycles. The van der Waals surface area contributed by atoms with Crippen molar-refractivity contribution in [3.8, 4) is 0 Å². The van der Waals surface area contributed by atoms with Crippen molar-refractivity contribution in [2.45, 2.75) is 5.78 Å². The molecule has 0 aromatic heterocycles. The van der Waals surface area contributed by atoms with E-state index in [1.807, 2.05) is 0 Å². The highest BCUT2D eigenvalue weighted by Crippen LogP contribution is 2.46. The Bertz CT molecular complexity index is 88.5. The first-order valence-electron chi connectivity index (χ1n) is 1.76. The van der Waals surface area contributed by atoms with Crippen molar-refractivity contribution in [2.75, 3.05) is 0 Å². The minimum absolute atomic E-state index is 0.0772. The van der Waals surface area contributed by atoms with Crippen molar-refractivity contribution in [2.24, 2.45) is 5.73 Å². The number of carbonyl (C=O) groups is 1. The minimum Gasteiger partial charge on any atom is -0.297 e. The van der Waals surface area contributed by atoms with Crippen LogP contribution in [-0.4, -0.2) is 26.7 Å². The van der Waals surface area contributed by atoms with Crippen molar-refractivity contribution >= 4 is 14.2 Å². The van der Waals surface area contributed by atoms with E-state index in [-0.39, 0.29) is 6.29 Å². The van der Waals surface area contributed by atoms with Crippen LogP contribution >= 0.6 is 7.94 Å². The van der Waals surface area contributed by atoms with Crippen LogP contribution in [0.3, 0.4) is 0 Å². The van der Waals surface area contributed by atoms with Gasteiger partial charge in [0.15, 0.2) is 6.29 Å². The van der Waals surface area contributed by atoms with Gasteiger partial charge in [-0.15, -0.1) is 0 Å². The molecule has 0 aliphatic carbocycles. The molecule has 1 atom stereocenters. The zero-order chi connectivity index (χ0) is 6.78. The van der Waals surface area contributed by atoms with E-state index in [4.69, 9.17) is 14.7 Å². The summed E-state index contributed by atoms with van der Waals surface area (Å²) in [6.07, 6.45) is 0.0772. The highest BCUT2D eigenvalue weighted by atomic mass is 31.2. The lowest BCUT2D eigenvalue weighted by atomic mass is 10.8. The summed E-state index contributed by atoms with van der Waals surface area (Å²) < 4.78 is 0. The second-order valence-corrected chi connectivity index (χ2v) is 3.07. The van der Waals surface area contributed by atoms with Crippen LogP contribution in [0.25, 0.3) is 0 Å². The van der Waals surface area contributed by atoms with Gasteiger partial charge in [-0.25, -0.2) is 0 Å². The lowest BCUT2D eigenvalue weighted by Gasteiger charge is -2.03. The number of rotatable bonds is 2. The molecule has 6 heteroatoms. The van der Waals surface area contributed by atoms with Gasteiger partial charge >= 0.3 is 7.94 Å². The molecule has 0 aliphatic rings. The summed E-state index contributed by atoms with van der Waals surface area (Å²) in [7, 11) is -4.10. The average Bonchev–Trinajstić information content (AvgIpc) is 1.62. The maximum absolute atomic E-state index is 9.57. The highest BCUT2D eigenvalue weighted by molar-refractivity contribution is 7.60. The second-order valence-electron chi connectivity index (χ2n) is 1.24. The summed E-state index contributed by atoms with van der Waals surface area (Å²) in [6.45, 7) is 0. The SMILES string of the molecule is N[C@@H](C=O)[P+](O)(O)O. The van der Waals surface area contributed by atoms with E-state index in [9.17, 15) is 4.79 Å². The Morgan fingerprint density at radius 1 is 1.50 bits per heavy atom. The third-order valence-electron chi connectivity index (χ3n) is 0.539.